The fourth-order valence-corrected chi connectivity index (χ4v) is 1.86. The molecule has 0 fully saturated rings. The van der Waals surface area contributed by atoms with E-state index < -0.39 is 0 Å². The first-order chi connectivity index (χ1) is 10.0. The fraction of sp³-hybridized carbons (Fsp3) is 0.500. The van der Waals surface area contributed by atoms with Crippen molar-refractivity contribution < 1.29 is 9.59 Å². The maximum atomic E-state index is 11.6. The molecule has 0 bridgehead atoms. The van der Waals surface area contributed by atoms with Crippen LogP contribution >= 0.6 is 0 Å². The van der Waals surface area contributed by atoms with Gasteiger partial charge in [0.15, 0.2) is 0 Å². The third-order valence-electron chi connectivity index (χ3n) is 3.19. The van der Waals surface area contributed by atoms with Gasteiger partial charge in [0.2, 0.25) is 11.8 Å². The predicted octanol–water partition coefficient (Wildman–Crippen LogP) is 2.04. The van der Waals surface area contributed by atoms with Crippen LogP contribution < -0.4 is 16.0 Å². The molecule has 0 aliphatic rings. The van der Waals surface area contributed by atoms with E-state index in [1.54, 1.807) is 0 Å². The smallest absolute Gasteiger partial charge is 0.221 e. The molecule has 0 saturated carbocycles. The molecule has 1 rings (SSSR count). The minimum absolute atomic E-state index is 0.0620. The second-order valence-corrected chi connectivity index (χ2v) is 5.14. The van der Waals surface area contributed by atoms with Crippen LogP contribution in [0.1, 0.15) is 39.2 Å². The molecule has 0 aliphatic heterocycles. The zero-order valence-electron chi connectivity index (χ0n) is 13.0. The number of carbonyl (C=O) groups excluding carboxylic acids is 2. The van der Waals surface area contributed by atoms with Crippen molar-refractivity contribution in [2.75, 3.05) is 11.9 Å². The first-order valence-corrected chi connectivity index (χ1v) is 7.38. The Morgan fingerprint density at radius 1 is 1.24 bits per heavy atom. The molecule has 0 heterocycles. The van der Waals surface area contributed by atoms with Gasteiger partial charge in [0.05, 0.1) is 0 Å². The minimum Gasteiger partial charge on any atom is -0.354 e. The van der Waals surface area contributed by atoms with Crippen molar-refractivity contribution in [3.8, 4) is 0 Å². The van der Waals surface area contributed by atoms with Gasteiger partial charge in [-0.3, -0.25) is 9.59 Å². The first-order valence-electron chi connectivity index (χ1n) is 7.38. The Kier molecular flexibility index (Phi) is 7.46. The summed E-state index contributed by atoms with van der Waals surface area (Å²) >= 11 is 0. The van der Waals surface area contributed by atoms with Gasteiger partial charge in [0.1, 0.15) is 0 Å². The van der Waals surface area contributed by atoms with Gasteiger partial charge in [-0.25, -0.2) is 0 Å². The highest BCUT2D eigenvalue weighted by molar-refractivity contribution is 5.89. The number of carbonyl (C=O) groups is 2. The van der Waals surface area contributed by atoms with Crippen molar-refractivity contribution >= 4 is 17.5 Å². The summed E-state index contributed by atoms with van der Waals surface area (Å²) < 4.78 is 0. The monoisotopic (exact) mass is 291 g/mol. The lowest BCUT2D eigenvalue weighted by molar-refractivity contribution is -0.121. The molecular formula is C16H25N3O2. The van der Waals surface area contributed by atoms with Crippen molar-refractivity contribution in [2.45, 2.75) is 46.2 Å². The molecule has 1 aromatic rings. The van der Waals surface area contributed by atoms with Crippen LogP contribution in [-0.2, 0) is 16.1 Å². The van der Waals surface area contributed by atoms with Crippen LogP contribution in [0.4, 0.5) is 5.69 Å². The van der Waals surface area contributed by atoms with Crippen molar-refractivity contribution in [1.82, 2.24) is 10.6 Å². The van der Waals surface area contributed by atoms with Crippen LogP contribution in [0.25, 0.3) is 0 Å². The number of hydrogen-bond acceptors (Lipinski definition) is 3. The summed E-state index contributed by atoms with van der Waals surface area (Å²) in [4.78, 5) is 22.8. The highest BCUT2D eigenvalue weighted by Gasteiger charge is 2.06. The van der Waals surface area contributed by atoms with E-state index in [1.165, 1.54) is 6.92 Å². The van der Waals surface area contributed by atoms with Crippen LogP contribution in [-0.4, -0.2) is 24.4 Å². The molecule has 0 saturated heterocycles. The number of anilines is 1. The number of amides is 2. The first kappa shape index (κ1) is 17.2. The topological polar surface area (TPSA) is 70.2 Å². The standard InChI is InChI=1S/C16H25N3O2/c1-4-12(2)18-16(21)9-10-17-11-14-7-5-6-8-15(14)19-13(3)20/h5-8,12,17H,4,9-11H2,1-3H3,(H,18,21)(H,19,20). The Bertz CT molecular complexity index is 474. The summed E-state index contributed by atoms with van der Waals surface area (Å²) in [5.74, 6) is -0.0256. The van der Waals surface area contributed by atoms with E-state index in [9.17, 15) is 9.59 Å². The molecule has 0 spiro atoms. The summed E-state index contributed by atoms with van der Waals surface area (Å²) in [5, 5.41) is 8.95. The van der Waals surface area contributed by atoms with Gasteiger partial charge in [0, 0.05) is 38.2 Å². The normalized spacial score (nSPS) is 11.8. The van der Waals surface area contributed by atoms with Crippen molar-refractivity contribution in [3.05, 3.63) is 29.8 Å². The Hall–Kier alpha value is -1.88. The third-order valence-corrected chi connectivity index (χ3v) is 3.19. The van der Waals surface area contributed by atoms with Crippen LogP contribution in [0.5, 0.6) is 0 Å². The van der Waals surface area contributed by atoms with Crippen molar-refractivity contribution in [2.24, 2.45) is 0 Å². The van der Waals surface area contributed by atoms with E-state index in [0.717, 1.165) is 17.7 Å². The van der Waals surface area contributed by atoms with Crippen molar-refractivity contribution in [1.29, 1.82) is 0 Å². The molecule has 1 unspecified atom stereocenters. The molecule has 116 valence electrons. The van der Waals surface area contributed by atoms with Crippen LogP contribution in [0.2, 0.25) is 0 Å². The molecule has 5 nitrogen and oxygen atoms in total. The molecule has 5 heteroatoms. The van der Waals surface area contributed by atoms with E-state index in [0.29, 0.717) is 19.5 Å². The quantitative estimate of drug-likeness (QED) is 0.642. The van der Waals surface area contributed by atoms with Crippen LogP contribution in [0, 0.1) is 0 Å². The van der Waals surface area contributed by atoms with Gasteiger partial charge in [-0.2, -0.15) is 0 Å². The molecule has 0 aromatic heterocycles. The van der Waals surface area contributed by atoms with E-state index in [1.807, 2.05) is 38.1 Å². The summed E-state index contributed by atoms with van der Waals surface area (Å²) in [5.41, 5.74) is 1.82. The number of para-hydroxylation sites is 1. The van der Waals surface area contributed by atoms with Crippen molar-refractivity contribution in [3.63, 3.8) is 0 Å². The molecule has 1 aromatic carbocycles. The third kappa shape index (κ3) is 6.90. The number of benzene rings is 1. The summed E-state index contributed by atoms with van der Waals surface area (Å²) in [6, 6.07) is 7.86. The lowest BCUT2D eigenvalue weighted by Gasteiger charge is -2.12. The van der Waals surface area contributed by atoms with Gasteiger partial charge in [-0.05, 0) is 25.0 Å². The lowest BCUT2D eigenvalue weighted by atomic mass is 10.1. The Labute approximate surface area is 126 Å². The van der Waals surface area contributed by atoms with Gasteiger partial charge in [-0.1, -0.05) is 25.1 Å². The Morgan fingerprint density at radius 2 is 1.95 bits per heavy atom. The fourth-order valence-electron chi connectivity index (χ4n) is 1.86. The second kappa shape index (κ2) is 9.13. The van der Waals surface area contributed by atoms with Gasteiger partial charge in [0.25, 0.3) is 0 Å². The largest absolute Gasteiger partial charge is 0.354 e. The average molecular weight is 291 g/mol. The van der Waals surface area contributed by atoms with Crippen LogP contribution in [0.3, 0.4) is 0 Å². The molecule has 2 amide bonds. The molecule has 0 aliphatic carbocycles. The Morgan fingerprint density at radius 3 is 2.62 bits per heavy atom. The lowest BCUT2D eigenvalue weighted by Crippen LogP contribution is -2.33. The molecule has 3 N–H and O–H groups in total. The zero-order chi connectivity index (χ0) is 15.7. The second-order valence-electron chi connectivity index (χ2n) is 5.14. The van der Waals surface area contributed by atoms with E-state index in [-0.39, 0.29) is 17.9 Å². The maximum absolute atomic E-state index is 11.6. The van der Waals surface area contributed by atoms with E-state index >= 15 is 0 Å². The molecule has 21 heavy (non-hydrogen) atoms. The average Bonchev–Trinajstić information content (AvgIpc) is 2.44. The van der Waals surface area contributed by atoms with Crippen LogP contribution in [0.15, 0.2) is 24.3 Å². The summed E-state index contributed by atoms with van der Waals surface area (Å²) in [6.45, 7) is 6.75. The summed E-state index contributed by atoms with van der Waals surface area (Å²) in [7, 11) is 0. The molecule has 1 atom stereocenters. The highest BCUT2D eigenvalue weighted by Crippen LogP contribution is 2.14. The van der Waals surface area contributed by atoms with E-state index in [4.69, 9.17) is 0 Å². The van der Waals surface area contributed by atoms with Gasteiger partial charge >= 0.3 is 0 Å². The highest BCUT2D eigenvalue weighted by atomic mass is 16.2. The summed E-state index contributed by atoms with van der Waals surface area (Å²) in [6.07, 6.45) is 1.38. The zero-order valence-corrected chi connectivity index (χ0v) is 13.0. The maximum Gasteiger partial charge on any atom is 0.221 e. The minimum atomic E-state index is -0.0876. The molecule has 0 radical (unpaired) electrons. The molecular weight excluding hydrogens is 266 g/mol. The predicted molar refractivity (Wildman–Crippen MR) is 85.0 cm³/mol. The number of hydrogen-bond donors (Lipinski definition) is 3. The van der Waals surface area contributed by atoms with Gasteiger partial charge in [-0.15, -0.1) is 0 Å². The number of nitrogens with one attached hydrogen (secondary N) is 3. The SMILES string of the molecule is CCC(C)NC(=O)CCNCc1ccccc1NC(C)=O. The number of rotatable bonds is 8. The Balaban J connectivity index is 2.36. The van der Waals surface area contributed by atoms with Gasteiger partial charge < -0.3 is 16.0 Å². The van der Waals surface area contributed by atoms with E-state index in [2.05, 4.69) is 16.0 Å².